The average molecular weight is 244 g/mol. The van der Waals surface area contributed by atoms with Gasteiger partial charge in [-0.2, -0.15) is 0 Å². The smallest absolute Gasteiger partial charge is 0.225 e. The molecule has 1 amide bonds. The molecule has 1 aliphatic rings. The maximum atomic E-state index is 11.8. The zero-order valence-corrected chi connectivity index (χ0v) is 11.1. The second-order valence-corrected chi connectivity index (χ2v) is 4.64. The number of nitrogens with one attached hydrogen (secondary N) is 1. The molecule has 0 saturated carbocycles. The van der Waals surface area contributed by atoms with Gasteiger partial charge in [0.2, 0.25) is 5.91 Å². The summed E-state index contributed by atoms with van der Waals surface area (Å²) >= 11 is 0. The molecule has 0 aromatic rings. The Labute approximate surface area is 103 Å². The van der Waals surface area contributed by atoms with Gasteiger partial charge in [-0.3, -0.25) is 4.79 Å². The third-order valence-corrected chi connectivity index (χ3v) is 2.71. The van der Waals surface area contributed by atoms with E-state index in [1.807, 2.05) is 20.9 Å². The van der Waals surface area contributed by atoms with Gasteiger partial charge in [0.05, 0.1) is 31.8 Å². The molecule has 1 aliphatic heterocycles. The monoisotopic (exact) mass is 244 g/mol. The van der Waals surface area contributed by atoms with Crippen LogP contribution in [0.3, 0.4) is 0 Å². The molecule has 1 rings (SSSR count). The van der Waals surface area contributed by atoms with Crippen LogP contribution in [0.2, 0.25) is 0 Å². The second kappa shape index (κ2) is 7.63. The van der Waals surface area contributed by atoms with Gasteiger partial charge in [-0.1, -0.05) is 0 Å². The number of carbonyl (C=O) groups excluding carboxylic acids is 1. The van der Waals surface area contributed by atoms with E-state index in [1.165, 1.54) is 0 Å². The molecule has 5 heteroatoms. The van der Waals surface area contributed by atoms with E-state index in [0.29, 0.717) is 26.2 Å². The normalized spacial score (nSPS) is 20.6. The Morgan fingerprint density at radius 2 is 2.35 bits per heavy atom. The lowest BCUT2D eigenvalue weighted by Gasteiger charge is -2.25. The summed E-state index contributed by atoms with van der Waals surface area (Å²) in [6.07, 6.45) is 0.680. The van der Waals surface area contributed by atoms with E-state index in [9.17, 15) is 4.79 Å². The number of ether oxygens (including phenoxy) is 2. The fourth-order valence-electron chi connectivity index (χ4n) is 1.65. The van der Waals surface area contributed by atoms with Gasteiger partial charge >= 0.3 is 0 Å². The van der Waals surface area contributed by atoms with E-state index in [0.717, 1.165) is 13.1 Å². The third kappa shape index (κ3) is 6.00. The van der Waals surface area contributed by atoms with Crippen LogP contribution < -0.4 is 5.32 Å². The highest BCUT2D eigenvalue weighted by Gasteiger charge is 2.19. The number of hydrogen-bond donors (Lipinski definition) is 1. The van der Waals surface area contributed by atoms with Crippen LogP contribution in [0.15, 0.2) is 0 Å². The number of morpholine rings is 1. The lowest BCUT2D eigenvalue weighted by Crippen LogP contribution is -2.42. The van der Waals surface area contributed by atoms with Crippen molar-refractivity contribution in [3.8, 4) is 0 Å². The first-order chi connectivity index (χ1) is 8.09. The minimum Gasteiger partial charge on any atom is -0.377 e. The summed E-state index contributed by atoms with van der Waals surface area (Å²) in [5.74, 6) is 0.117. The fourth-order valence-corrected chi connectivity index (χ4v) is 1.65. The van der Waals surface area contributed by atoms with Crippen molar-refractivity contribution in [3.05, 3.63) is 0 Å². The highest BCUT2D eigenvalue weighted by Crippen LogP contribution is 2.04. The molecule has 0 bridgehead atoms. The van der Waals surface area contributed by atoms with Gasteiger partial charge in [0.1, 0.15) is 0 Å². The van der Waals surface area contributed by atoms with Crippen molar-refractivity contribution in [1.29, 1.82) is 0 Å². The molecule has 0 radical (unpaired) electrons. The fraction of sp³-hybridized carbons (Fsp3) is 0.917. The second-order valence-electron chi connectivity index (χ2n) is 4.64. The van der Waals surface area contributed by atoms with Crippen molar-refractivity contribution < 1.29 is 14.3 Å². The van der Waals surface area contributed by atoms with Crippen LogP contribution >= 0.6 is 0 Å². The Balaban J connectivity index is 2.16. The Morgan fingerprint density at radius 3 is 2.94 bits per heavy atom. The van der Waals surface area contributed by atoms with E-state index in [4.69, 9.17) is 9.47 Å². The minimum atomic E-state index is 0.0183. The number of nitrogens with zero attached hydrogens (tertiary/aromatic N) is 1. The predicted molar refractivity (Wildman–Crippen MR) is 66.0 cm³/mol. The molecule has 1 unspecified atom stereocenters. The van der Waals surface area contributed by atoms with Gasteiger partial charge < -0.3 is 19.7 Å². The molecule has 0 aliphatic carbocycles. The molecular formula is C12H24N2O3. The summed E-state index contributed by atoms with van der Waals surface area (Å²) in [5, 5.41) is 3.22. The Hall–Kier alpha value is -0.650. The Morgan fingerprint density at radius 1 is 1.59 bits per heavy atom. The minimum absolute atomic E-state index is 0.0183. The van der Waals surface area contributed by atoms with Crippen LogP contribution in [0.25, 0.3) is 0 Å². The summed E-state index contributed by atoms with van der Waals surface area (Å²) < 4.78 is 10.9. The zero-order valence-electron chi connectivity index (χ0n) is 11.1. The molecular weight excluding hydrogens is 220 g/mol. The molecule has 0 spiro atoms. The number of carbonyl (C=O) groups is 1. The summed E-state index contributed by atoms with van der Waals surface area (Å²) in [4.78, 5) is 13.6. The number of hydrogen-bond acceptors (Lipinski definition) is 4. The maximum Gasteiger partial charge on any atom is 0.225 e. The van der Waals surface area contributed by atoms with Crippen LogP contribution in [-0.2, 0) is 14.3 Å². The predicted octanol–water partition coefficient (Wildman–Crippen LogP) is 0.248. The molecule has 1 saturated heterocycles. The Bertz CT molecular complexity index is 228. The van der Waals surface area contributed by atoms with Crippen LogP contribution in [0.1, 0.15) is 20.3 Å². The number of rotatable bonds is 6. The van der Waals surface area contributed by atoms with E-state index in [2.05, 4.69) is 5.32 Å². The Kier molecular flexibility index (Phi) is 6.47. The quantitative estimate of drug-likeness (QED) is 0.727. The first-order valence-corrected chi connectivity index (χ1v) is 6.27. The third-order valence-electron chi connectivity index (χ3n) is 2.71. The average Bonchev–Trinajstić information content (AvgIpc) is 2.29. The number of amides is 1. The summed E-state index contributed by atoms with van der Waals surface area (Å²) in [6, 6.07) is 0. The van der Waals surface area contributed by atoms with E-state index < -0.39 is 0 Å². The molecule has 1 atom stereocenters. The molecule has 1 N–H and O–H groups in total. The molecule has 0 aromatic carbocycles. The van der Waals surface area contributed by atoms with Crippen LogP contribution in [0.5, 0.6) is 0 Å². The van der Waals surface area contributed by atoms with Crippen LogP contribution in [-0.4, -0.2) is 62.9 Å². The molecule has 0 aromatic heterocycles. The summed E-state index contributed by atoms with van der Waals surface area (Å²) in [5.41, 5.74) is 0. The molecule has 1 heterocycles. The van der Waals surface area contributed by atoms with Gasteiger partial charge in [0.25, 0.3) is 0 Å². The summed E-state index contributed by atoms with van der Waals surface area (Å²) in [6.45, 7) is 7.54. The highest BCUT2D eigenvalue weighted by molar-refractivity contribution is 5.76. The molecule has 100 valence electrons. The van der Waals surface area contributed by atoms with Gasteiger partial charge in [-0.15, -0.1) is 0 Å². The standard InChI is InChI=1S/C12H24N2O3/c1-10(2)16-7-5-14(3)12(15)8-11-9-13-4-6-17-11/h10-11,13H,4-9H2,1-3H3. The van der Waals surface area contributed by atoms with Gasteiger partial charge in [0, 0.05) is 26.7 Å². The van der Waals surface area contributed by atoms with E-state index >= 15 is 0 Å². The lowest BCUT2D eigenvalue weighted by molar-refractivity contribution is -0.134. The van der Waals surface area contributed by atoms with Crippen molar-refractivity contribution >= 4 is 5.91 Å². The summed E-state index contributed by atoms with van der Waals surface area (Å²) in [7, 11) is 1.81. The zero-order chi connectivity index (χ0) is 12.7. The molecule has 5 nitrogen and oxygen atoms in total. The van der Waals surface area contributed by atoms with Gasteiger partial charge in [-0.25, -0.2) is 0 Å². The van der Waals surface area contributed by atoms with Crippen LogP contribution in [0, 0.1) is 0 Å². The largest absolute Gasteiger partial charge is 0.377 e. The topological polar surface area (TPSA) is 50.8 Å². The van der Waals surface area contributed by atoms with Crippen molar-refractivity contribution in [3.63, 3.8) is 0 Å². The van der Waals surface area contributed by atoms with Crippen molar-refractivity contribution in [2.75, 3.05) is 39.9 Å². The molecule has 17 heavy (non-hydrogen) atoms. The molecule has 1 fully saturated rings. The van der Waals surface area contributed by atoms with Gasteiger partial charge in [0.15, 0.2) is 0 Å². The van der Waals surface area contributed by atoms with E-state index in [-0.39, 0.29) is 18.1 Å². The lowest BCUT2D eigenvalue weighted by atomic mass is 10.2. The van der Waals surface area contributed by atoms with Crippen molar-refractivity contribution in [2.24, 2.45) is 0 Å². The van der Waals surface area contributed by atoms with Crippen molar-refractivity contribution in [1.82, 2.24) is 10.2 Å². The first kappa shape index (κ1) is 14.4. The van der Waals surface area contributed by atoms with Gasteiger partial charge in [-0.05, 0) is 13.8 Å². The first-order valence-electron chi connectivity index (χ1n) is 6.27. The van der Waals surface area contributed by atoms with Crippen molar-refractivity contribution in [2.45, 2.75) is 32.5 Å². The highest BCUT2D eigenvalue weighted by atomic mass is 16.5. The SMILES string of the molecule is CC(C)OCCN(C)C(=O)CC1CNCCO1. The number of likely N-dealkylation sites (N-methyl/N-ethyl adjacent to an activating group) is 1. The van der Waals surface area contributed by atoms with Crippen LogP contribution in [0.4, 0.5) is 0 Å². The van der Waals surface area contributed by atoms with E-state index in [1.54, 1.807) is 4.90 Å². The maximum absolute atomic E-state index is 11.8.